The second-order valence-electron chi connectivity index (χ2n) is 8.28. The van der Waals surface area contributed by atoms with Crippen molar-refractivity contribution < 1.29 is 14.3 Å². The van der Waals surface area contributed by atoms with Crippen molar-refractivity contribution >= 4 is 11.8 Å². The molecule has 1 saturated heterocycles. The summed E-state index contributed by atoms with van der Waals surface area (Å²) in [7, 11) is 1.83. The van der Waals surface area contributed by atoms with Crippen molar-refractivity contribution in [1.29, 1.82) is 0 Å². The number of aryl methyl sites for hydroxylation is 2. The molecular weight excluding hydrogens is 380 g/mol. The van der Waals surface area contributed by atoms with Gasteiger partial charge in [-0.1, -0.05) is 12.1 Å². The molecule has 0 spiro atoms. The Hall–Kier alpha value is -2.83. The van der Waals surface area contributed by atoms with Gasteiger partial charge in [-0.25, -0.2) is 4.98 Å². The molecule has 0 radical (unpaired) electrons. The van der Waals surface area contributed by atoms with Gasteiger partial charge in [0.1, 0.15) is 18.0 Å². The number of ether oxygens (including phenoxy) is 1. The fraction of sp³-hybridized carbons (Fsp3) is 0.522. The van der Waals surface area contributed by atoms with Crippen LogP contribution in [0.4, 0.5) is 0 Å². The van der Waals surface area contributed by atoms with Crippen LogP contribution in [-0.2, 0) is 18.3 Å². The number of benzene rings is 1. The van der Waals surface area contributed by atoms with Gasteiger partial charge in [-0.2, -0.15) is 0 Å². The topological polar surface area (TPSA) is 67.7 Å². The number of aromatic nitrogens is 2. The molecule has 1 fully saturated rings. The van der Waals surface area contributed by atoms with E-state index in [1.165, 1.54) is 5.56 Å². The Kier molecular flexibility index (Phi) is 6.35. The molecule has 2 bridgehead atoms. The number of hydrogen-bond donors (Lipinski definition) is 0. The lowest BCUT2D eigenvalue weighted by atomic mass is 9.95. The Morgan fingerprint density at radius 3 is 2.90 bits per heavy atom. The number of piperidine rings is 1. The van der Waals surface area contributed by atoms with Crippen molar-refractivity contribution in [3.63, 3.8) is 0 Å². The van der Waals surface area contributed by atoms with Gasteiger partial charge in [0.2, 0.25) is 5.91 Å². The van der Waals surface area contributed by atoms with Gasteiger partial charge in [-0.05, 0) is 56.2 Å². The van der Waals surface area contributed by atoms with Gasteiger partial charge >= 0.3 is 0 Å². The zero-order chi connectivity index (χ0) is 20.9. The fourth-order valence-corrected chi connectivity index (χ4v) is 4.39. The van der Waals surface area contributed by atoms with Crippen LogP contribution in [0.3, 0.4) is 0 Å². The highest BCUT2D eigenvalue weighted by Crippen LogP contribution is 2.23. The maximum Gasteiger partial charge on any atom is 0.274 e. The highest BCUT2D eigenvalue weighted by atomic mass is 16.5. The first kappa shape index (κ1) is 20.4. The zero-order valence-electron chi connectivity index (χ0n) is 17.6. The number of imidazole rings is 1. The van der Waals surface area contributed by atoms with Gasteiger partial charge in [0.15, 0.2) is 0 Å². The average Bonchev–Trinajstić information content (AvgIpc) is 3.20. The highest BCUT2D eigenvalue weighted by molar-refractivity contribution is 5.94. The van der Waals surface area contributed by atoms with Crippen LogP contribution < -0.4 is 4.74 Å². The number of nitrogens with zero attached hydrogens (tertiary/aromatic N) is 4. The van der Waals surface area contributed by atoms with Crippen LogP contribution in [0.5, 0.6) is 5.75 Å². The largest absolute Gasteiger partial charge is 0.494 e. The molecule has 30 heavy (non-hydrogen) atoms. The van der Waals surface area contributed by atoms with E-state index in [2.05, 4.69) is 17.1 Å². The summed E-state index contributed by atoms with van der Waals surface area (Å²) in [4.78, 5) is 34.1. The van der Waals surface area contributed by atoms with Crippen molar-refractivity contribution in [3.8, 4) is 5.75 Å². The first-order valence-electron chi connectivity index (χ1n) is 10.9. The molecule has 2 aliphatic rings. The summed E-state index contributed by atoms with van der Waals surface area (Å²) in [6.07, 6.45) is 9.01. The summed E-state index contributed by atoms with van der Waals surface area (Å²) >= 11 is 0. The van der Waals surface area contributed by atoms with Crippen LogP contribution in [-0.4, -0.2) is 63.4 Å². The van der Waals surface area contributed by atoms with Gasteiger partial charge < -0.3 is 19.1 Å². The predicted octanol–water partition coefficient (Wildman–Crippen LogP) is 2.66. The quantitative estimate of drug-likeness (QED) is 0.725. The summed E-state index contributed by atoms with van der Waals surface area (Å²) < 4.78 is 7.66. The number of rotatable bonds is 1. The highest BCUT2D eigenvalue weighted by Gasteiger charge is 2.29. The lowest BCUT2D eigenvalue weighted by molar-refractivity contribution is -0.135. The number of amides is 2. The van der Waals surface area contributed by atoms with Crippen LogP contribution in [0.2, 0.25) is 0 Å². The summed E-state index contributed by atoms with van der Waals surface area (Å²) in [5.74, 6) is 0.700. The van der Waals surface area contributed by atoms with E-state index in [4.69, 9.17) is 4.74 Å². The van der Waals surface area contributed by atoms with E-state index in [0.29, 0.717) is 25.3 Å². The fourth-order valence-electron chi connectivity index (χ4n) is 4.39. The lowest BCUT2D eigenvalue weighted by Gasteiger charge is -2.37. The molecule has 1 unspecified atom stereocenters. The third-order valence-electron chi connectivity index (χ3n) is 5.99. The van der Waals surface area contributed by atoms with Crippen molar-refractivity contribution in [3.05, 3.63) is 48.0 Å². The average molecular weight is 411 g/mol. The van der Waals surface area contributed by atoms with Crippen molar-refractivity contribution in [1.82, 2.24) is 19.4 Å². The molecule has 7 nitrogen and oxygen atoms in total. The number of carbonyl (C=O) groups excluding carboxylic acids is 2. The molecule has 1 aromatic heterocycles. The Morgan fingerprint density at radius 1 is 1.17 bits per heavy atom. The van der Waals surface area contributed by atoms with Gasteiger partial charge in [-0.15, -0.1) is 0 Å². The molecular formula is C23H30N4O3. The SMILES string of the molecule is Cn1cnc(C(=O)N2CCCOc3cccc(c3)CCC3CCCCN3C(=O)C2)c1. The van der Waals surface area contributed by atoms with Gasteiger partial charge in [0.25, 0.3) is 5.91 Å². The van der Waals surface area contributed by atoms with Gasteiger partial charge in [0, 0.05) is 32.4 Å². The number of hydrogen-bond acceptors (Lipinski definition) is 4. The monoisotopic (exact) mass is 410 g/mol. The van der Waals surface area contributed by atoms with Crippen LogP contribution >= 0.6 is 0 Å². The molecule has 3 heterocycles. The van der Waals surface area contributed by atoms with E-state index in [9.17, 15) is 9.59 Å². The van der Waals surface area contributed by atoms with Crippen LogP contribution in [0.1, 0.15) is 48.2 Å². The van der Waals surface area contributed by atoms with E-state index >= 15 is 0 Å². The maximum absolute atomic E-state index is 13.2. The predicted molar refractivity (Wildman–Crippen MR) is 113 cm³/mol. The second-order valence-corrected chi connectivity index (χ2v) is 8.28. The van der Waals surface area contributed by atoms with Crippen molar-refractivity contribution in [2.75, 3.05) is 26.2 Å². The molecule has 1 aromatic carbocycles. The molecule has 2 amide bonds. The first-order valence-corrected chi connectivity index (χ1v) is 10.9. The summed E-state index contributed by atoms with van der Waals surface area (Å²) in [6, 6.07) is 8.45. The van der Waals surface area contributed by atoms with Crippen molar-refractivity contribution in [2.45, 2.75) is 44.6 Å². The third kappa shape index (κ3) is 4.83. The number of carbonyl (C=O) groups is 2. The van der Waals surface area contributed by atoms with Gasteiger partial charge in [-0.3, -0.25) is 9.59 Å². The molecule has 0 saturated carbocycles. The summed E-state index contributed by atoms with van der Waals surface area (Å²) in [5.41, 5.74) is 1.62. The Labute approximate surface area is 177 Å². The lowest BCUT2D eigenvalue weighted by Crippen LogP contribution is -2.49. The molecule has 160 valence electrons. The maximum atomic E-state index is 13.2. The summed E-state index contributed by atoms with van der Waals surface area (Å²) in [5, 5.41) is 0. The zero-order valence-corrected chi connectivity index (χ0v) is 17.6. The molecule has 2 aromatic rings. The Bertz CT molecular complexity index is 894. The van der Waals surface area contributed by atoms with E-state index in [1.807, 2.05) is 24.1 Å². The Balaban J connectivity index is 1.56. The van der Waals surface area contributed by atoms with Crippen LogP contribution in [0.15, 0.2) is 36.8 Å². The van der Waals surface area contributed by atoms with E-state index in [-0.39, 0.29) is 24.4 Å². The molecule has 0 N–H and O–H groups in total. The first-order chi connectivity index (χ1) is 14.6. The minimum atomic E-state index is -0.202. The normalized spacial score (nSPS) is 20.8. The second kappa shape index (κ2) is 9.32. The van der Waals surface area contributed by atoms with Gasteiger partial charge in [0.05, 0.1) is 12.9 Å². The minimum Gasteiger partial charge on any atom is -0.494 e. The minimum absolute atomic E-state index is 0.0377. The van der Waals surface area contributed by atoms with Crippen molar-refractivity contribution in [2.24, 2.45) is 7.05 Å². The Morgan fingerprint density at radius 2 is 2.07 bits per heavy atom. The third-order valence-corrected chi connectivity index (χ3v) is 5.99. The summed E-state index contributed by atoms with van der Waals surface area (Å²) in [6.45, 7) is 1.82. The van der Waals surface area contributed by atoms with E-state index in [1.54, 1.807) is 22.0 Å². The molecule has 2 aliphatic heterocycles. The number of fused-ring (bicyclic) bond motifs is 3. The smallest absolute Gasteiger partial charge is 0.274 e. The molecule has 1 atom stereocenters. The van der Waals surface area contributed by atoms with E-state index in [0.717, 1.165) is 44.4 Å². The molecule has 0 aliphatic carbocycles. The van der Waals surface area contributed by atoms with Crippen LogP contribution in [0, 0.1) is 0 Å². The van der Waals surface area contributed by atoms with Crippen LogP contribution in [0.25, 0.3) is 0 Å². The molecule has 4 rings (SSSR count). The standard InChI is InChI=1S/C23H30N4O3/c1-25-15-21(24-17-25)23(29)26-11-5-13-30-20-8-4-6-18(14-20)9-10-19-7-2-3-12-27(19)22(28)16-26/h4,6,8,14-15,17,19H,2-3,5,7,9-13,16H2,1H3. The molecule has 7 heteroatoms. The van der Waals surface area contributed by atoms with E-state index < -0.39 is 0 Å².